The summed E-state index contributed by atoms with van der Waals surface area (Å²) < 4.78 is 0. The van der Waals surface area contributed by atoms with Crippen molar-refractivity contribution in [3.05, 3.63) is 0 Å². The van der Waals surface area contributed by atoms with E-state index in [-0.39, 0.29) is 0 Å². The third kappa shape index (κ3) is 15.5. The van der Waals surface area contributed by atoms with Crippen LogP contribution in [0.2, 0.25) is 0 Å². The molecule has 0 saturated heterocycles. The van der Waals surface area contributed by atoms with Crippen molar-refractivity contribution in [1.82, 2.24) is 0 Å². The summed E-state index contributed by atoms with van der Waals surface area (Å²) in [7, 11) is 0. The first-order valence-electron chi connectivity index (χ1n) is 15.5. The molecule has 0 nitrogen and oxygen atoms in total. The van der Waals surface area contributed by atoms with Gasteiger partial charge < -0.3 is 0 Å². The van der Waals surface area contributed by atoms with Crippen LogP contribution < -0.4 is 0 Å². The Bertz CT molecular complexity index is 327. The monoisotopic (exact) mass is 432 g/mol. The molecule has 2 aliphatic rings. The molecule has 2 aliphatic carbocycles. The zero-order valence-electron chi connectivity index (χ0n) is 21.7. The molecule has 184 valence electrons. The average molecular weight is 433 g/mol. The predicted octanol–water partition coefficient (Wildman–Crippen LogP) is 11.6. The van der Waals surface area contributed by atoms with Crippen molar-refractivity contribution < 1.29 is 0 Å². The van der Waals surface area contributed by atoms with E-state index >= 15 is 0 Å². The van der Waals surface area contributed by atoms with E-state index in [9.17, 15) is 0 Å². The van der Waals surface area contributed by atoms with Gasteiger partial charge in [0.15, 0.2) is 0 Å². The van der Waals surface area contributed by atoms with Gasteiger partial charge in [-0.3, -0.25) is 0 Å². The van der Waals surface area contributed by atoms with E-state index in [1.165, 1.54) is 161 Å². The molecule has 0 aromatic heterocycles. The second-order valence-electron chi connectivity index (χ2n) is 11.5. The minimum absolute atomic E-state index is 1.06. The van der Waals surface area contributed by atoms with Gasteiger partial charge in [-0.15, -0.1) is 0 Å². The van der Waals surface area contributed by atoms with Gasteiger partial charge in [-0.2, -0.15) is 0 Å². The minimum Gasteiger partial charge on any atom is -0.0533 e. The molecule has 2 fully saturated rings. The van der Waals surface area contributed by atoms with Gasteiger partial charge in [0.2, 0.25) is 0 Å². The standard InChI is InChI=1S/C31H60/c1-2-4-6-8-10-14-18-22-26-30(27-23-19-15-11-9-7-5-3-1)31-28-24-20-16-12-13-17-21-25-29-31/h30-31H,1-29H2. The summed E-state index contributed by atoms with van der Waals surface area (Å²) in [6.07, 6.45) is 44.0. The first kappa shape index (κ1) is 27.2. The lowest BCUT2D eigenvalue weighted by Gasteiger charge is -2.28. The van der Waals surface area contributed by atoms with Crippen LogP contribution in [0.3, 0.4) is 0 Å². The smallest absolute Gasteiger partial charge is 0.0386 e. The molecule has 0 amide bonds. The Morgan fingerprint density at radius 1 is 0.161 bits per heavy atom. The van der Waals surface area contributed by atoms with Gasteiger partial charge in [0.1, 0.15) is 0 Å². The van der Waals surface area contributed by atoms with Crippen LogP contribution in [0.15, 0.2) is 0 Å². The van der Waals surface area contributed by atoms with E-state index < -0.39 is 0 Å². The molecule has 0 N–H and O–H groups in total. The van der Waals surface area contributed by atoms with Crippen LogP contribution in [0.4, 0.5) is 0 Å². The second-order valence-corrected chi connectivity index (χ2v) is 11.5. The van der Waals surface area contributed by atoms with Crippen LogP contribution >= 0.6 is 0 Å². The highest BCUT2D eigenvalue weighted by molar-refractivity contribution is 4.73. The zero-order chi connectivity index (χ0) is 21.7. The average Bonchev–Trinajstić information content (AvgIpc) is 2.84. The van der Waals surface area contributed by atoms with E-state index in [1.807, 2.05) is 0 Å². The first-order chi connectivity index (χ1) is 15.5. The Labute approximate surface area is 198 Å². The van der Waals surface area contributed by atoms with Gasteiger partial charge >= 0.3 is 0 Å². The van der Waals surface area contributed by atoms with Crippen LogP contribution in [-0.2, 0) is 0 Å². The van der Waals surface area contributed by atoms with Crippen LogP contribution in [0.1, 0.15) is 186 Å². The van der Waals surface area contributed by atoms with Crippen molar-refractivity contribution in [2.75, 3.05) is 0 Å². The quantitative estimate of drug-likeness (QED) is 0.386. The van der Waals surface area contributed by atoms with Crippen molar-refractivity contribution in [2.45, 2.75) is 186 Å². The van der Waals surface area contributed by atoms with E-state index in [0.717, 1.165) is 11.8 Å². The molecular weight excluding hydrogens is 372 g/mol. The summed E-state index contributed by atoms with van der Waals surface area (Å²) >= 11 is 0. The summed E-state index contributed by atoms with van der Waals surface area (Å²) in [4.78, 5) is 0. The Kier molecular flexibility index (Phi) is 18.1. The maximum absolute atomic E-state index is 1.56. The fourth-order valence-corrected chi connectivity index (χ4v) is 6.57. The molecule has 0 aliphatic heterocycles. The molecule has 2 rings (SSSR count). The lowest BCUT2D eigenvalue weighted by Crippen LogP contribution is -2.16. The fourth-order valence-electron chi connectivity index (χ4n) is 6.57. The van der Waals surface area contributed by atoms with Crippen LogP contribution in [0, 0.1) is 11.8 Å². The largest absolute Gasteiger partial charge is 0.0533 e. The summed E-state index contributed by atoms with van der Waals surface area (Å²) in [6.45, 7) is 0. The zero-order valence-corrected chi connectivity index (χ0v) is 21.7. The maximum atomic E-state index is 1.56. The fraction of sp³-hybridized carbons (Fsp3) is 1.00. The third-order valence-corrected chi connectivity index (χ3v) is 8.72. The van der Waals surface area contributed by atoms with Gasteiger partial charge in [-0.1, -0.05) is 186 Å². The van der Waals surface area contributed by atoms with Crippen molar-refractivity contribution in [2.24, 2.45) is 11.8 Å². The van der Waals surface area contributed by atoms with Gasteiger partial charge in [-0.25, -0.2) is 0 Å². The Hall–Kier alpha value is 0. The Balaban J connectivity index is 1.78. The molecule has 2 saturated carbocycles. The topological polar surface area (TPSA) is 0 Å². The molecule has 0 unspecified atom stereocenters. The first-order valence-corrected chi connectivity index (χ1v) is 15.5. The lowest BCUT2D eigenvalue weighted by molar-refractivity contribution is 0.238. The minimum atomic E-state index is 1.06. The molecule has 0 heteroatoms. The second kappa shape index (κ2) is 20.6. The number of hydrogen-bond donors (Lipinski definition) is 0. The van der Waals surface area contributed by atoms with E-state index in [1.54, 1.807) is 25.7 Å². The molecule has 0 radical (unpaired) electrons. The van der Waals surface area contributed by atoms with Gasteiger partial charge in [0.05, 0.1) is 0 Å². The Morgan fingerprint density at radius 2 is 0.290 bits per heavy atom. The van der Waals surface area contributed by atoms with E-state index in [2.05, 4.69) is 0 Å². The van der Waals surface area contributed by atoms with Crippen LogP contribution in [0.5, 0.6) is 0 Å². The molecule has 0 heterocycles. The molecule has 0 aromatic carbocycles. The van der Waals surface area contributed by atoms with Crippen molar-refractivity contribution in [3.8, 4) is 0 Å². The summed E-state index contributed by atoms with van der Waals surface area (Å²) in [5.74, 6) is 2.13. The van der Waals surface area contributed by atoms with Gasteiger partial charge in [-0.05, 0) is 11.8 Å². The molecule has 31 heavy (non-hydrogen) atoms. The van der Waals surface area contributed by atoms with Crippen LogP contribution in [-0.4, -0.2) is 0 Å². The predicted molar refractivity (Wildman–Crippen MR) is 141 cm³/mol. The number of hydrogen-bond acceptors (Lipinski definition) is 0. The highest BCUT2D eigenvalue weighted by Gasteiger charge is 2.21. The normalized spacial score (nSPS) is 25.9. The maximum Gasteiger partial charge on any atom is -0.0386 e. The van der Waals surface area contributed by atoms with Crippen molar-refractivity contribution in [1.29, 1.82) is 0 Å². The molecular formula is C31H60. The van der Waals surface area contributed by atoms with Crippen molar-refractivity contribution in [3.63, 3.8) is 0 Å². The van der Waals surface area contributed by atoms with Gasteiger partial charge in [0.25, 0.3) is 0 Å². The van der Waals surface area contributed by atoms with E-state index in [4.69, 9.17) is 0 Å². The highest BCUT2D eigenvalue weighted by Crippen LogP contribution is 2.34. The number of rotatable bonds is 1. The van der Waals surface area contributed by atoms with Crippen molar-refractivity contribution >= 4 is 0 Å². The highest BCUT2D eigenvalue weighted by atomic mass is 14.3. The summed E-state index contributed by atoms with van der Waals surface area (Å²) in [5.41, 5.74) is 0. The van der Waals surface area contributed by atoms with Gasteiger partial charge in [0, 0.05) is 0 Å². The lowest BCUT2D eigenvalue weighted by atomic mass is 9.78. The Morgan fingerprint density at radius 3 is 0.452 bits per heavy atom. The molecule has 0 bridgehead atoms. The summed E-state index contributed by atoms with van der Waals surface area (Å²) in [5, 5.41) is 0. The molecule has 0 spiro atoms. The third-order valence-electron chi connectivity index (χ3n) is 8.72. The van der Waals surface area contributed by atoms with E-state index in [0.29, 0.717) is 0 Å². The summed E-state index contributed by atoms with van der Waals surface area (Å²) in [6, 6.07) is 0. The molecule has 0 atom stereocenters. The van der Waals surface area contributed by atoms with Crippen LogP contribution in [0.25, 0.3) is 0 Å². The SMILES string of the molecule is C1CCCCCCCCCC(C2CCCCCCCCCC2)CCCCCCCCC1. The molecule has 0 aromatic rings.